The van der Waals surface area contributed by atoms with Gasteiger partial charge in [0, 0.05) is 26.2 Å². The van der Waals surface area contributed by atoms with E-state index in [0.717, 1.165) is 5.56 Å². The van der Waals surface area contributed by atoms with Crippen LogP contribution in [0.1, 0.15) is 28.8 Å². The summed E-state index contributed by atoms with van der Waals surface area (Å²) in [6, 6.07) is 2.82. The van der Waals surface area contributed by atoms with Gasteiger partial charge in [-0.15, -0.1) is 0 Å². The van der Waals surface area contributed by atoms with E-state index >= 15 is 0 Å². The second kappa shape index (κ2) is 8.21. The zero-order chi connectivity index (χ0) is 20.5. The summed E-state index contributed by atoms with van der Waals surface area (Å²) in [5.41, 5.74) is 6.66. The largest absolute Gasteiger partial charge is 0.535 e. The van der Waals surface area contributed by atoms with E-state index in [9.17, 15) is 19.7 Å². The molecule has 0 radical (unpaired) electrons. The van der Waals surface area contributed by atoms with Crippen LogP contribution >= 0.6 is 0 Å². The van der Waals surface area contributed by atoms with Crippen LogP contribution in [0.5, 0.6) is 11.5 Å². The molecule has 0 bridgehead atoms. The minimum absolute atomic E-state index is 0.0594. The molecule has 1 aromatic carbocycles. The lowest BCUT2D eigenvalue weighted by atomic mass is 9.78. The van der Waals surface area contributed by atoms with Crippen molar-refractivity contribution in [3.63, 3.8) is 0 Å². The zero-order valence-corrected chi connectivity index (χ0v) is 16.2. The van der Waals surface area contributed by atoms with Crippen molar-refractivity contribution >= 4 is 19.0 Å². The molecule has 0 spiro atoms. The fraction of sp³-hybridized carbons (Fsp3) is 0.579. The number of benzene rings is 1. The molecule has 1 amide bonds. The number of carboxylic acid groups (broad SMARTS) is 1. The van der Waals surface area contributed by atoms with Gasteiger partial charge in [0.2, 0.25) is 5.91 Å². The van der Waals surface area contributed by atoms with Crippen LogP contribution in [0.3, 0.4) is 0 Å². The second-order valence-electron chi connectivity index (χ2n) is 8.10. The summed E-state index contributed by atoms with van der Waals surface area (Å²) in [5.74, 6) is -0.282. The molecular weight excluding hydrogens is 377 g/mol. The lowest BCUT2D eigenvalue weighted by molar-refractivity contribution is -0.123. The fourth-order valence-corrected chi connectivity index (χ4v) is 3.70. The number of aromatic carboxylic acids is 1. The van der Waals surface area contributed by atoms with Gasteiger partial charge in [-0.05, 0) is 43.1 Å². The maximum atomic E-state index is 12.0. The predicted octanol–water partition coefficient (Wildman–Crippen LogP) is -0.283. The van der Waals surface area contributed by atoms with Gasteiger partial charge in [0.25, 0.3) is 0 Å². The maximum Gasteiger partial charge on any atom is 0.522 e. The van der Waals surface area contributed by atoms with Crippen LogP contribution in [-0.2, 0) is 11.2 Å². The molecule has 3 aliphatic rings. The average Bonchev–Trinajstić information content (AvgIpc) is 3.47. The van der Waals surface area contributed by atoms with Crippen molar-refractivity contribution in [1.29, 1.82) is 0 Å². The molecule has 0 aromatic heterocycles. The van der Waals surface area contributed by atoms with Gasteiger partial charge in [-0.25, -0.2) is 4.79 Å². The number of carboxylic acids is 1. The van der Waals surface area contributed by atoms with Crippen LogP contribution in [0.4, 0.5) is 0 Å². The highest BCUT2D eigenvalue weighted by Gasteiger charge is 2.35. The Kier molecular flexibility index (Phi) is 5.66. The summed E-state index contributed by atoms with van der Waals surface area (Å²) < 4.78 is 11.2. The molecule has 2 aliphatic heterocycles. The number of hydrogen-bond acceptors (Lipinski definition) is 7. The summed E-state index contributed by atoms with van der Waals surface area (Å²) in [5, 5.41) is 22.2. The summed E-state index contributed by atoms with van der Waals surface area (Å²) in [6.07, 6.45) is 3.13. The van der Waals surface area contributed by atoms with E-state index in [-0.39, 0.29) is 29.1 Å². The zero-order valence-electron chi connectivity index (χ0n) is 16.2. The first kappa shape index (κ1) is 20.0. The van der Waals surface area contributed by atoms with Crippen molar-refractivity contribution in [3.8, 4) is 11.5 Å². The first-order valence-electron chi connectivity index (χ1n) is 10.1. The highest BCUT2D eigenvalue weighted by molar-refractivity contribution is 6.44. The number of ether oxygens (including phenoxy) is 1. The summed E-state index contributed by atoms with van der Waals surface area (Å²) in [7, 11) is -1.01. The van der Waals surface area contributed by atoms with Gasteiger partial charge in [0.15, 0.2) is 0 Å². The molecule has 1 saturated carbocycles. The van der Waals surface area contributed by atoms with Crippen LogP contribution in [0, 0.1) is 5.92 Å². The third kappa shape index (κ3) is 4.65. The molecule has 2 heterocycles. The van der Waals surface area contributed by atoms with Gasteiger partial charge >= 0.3 is 13.1 Å². The SMILES string of the molecule is NC(CN1CC(Oc2ccc3c(c2C(=O)O)OB(O)CC3)C1)C(=O)NCC1CC1. The van der Waals surface area contributed by atoms with Gasteiger partial charge in [0.1, 0.15) is 23.2 Å². The average molecular weight is 403 g/mol. The normalized spacial score (nSPS) is 20.3. The van der Waals surface area contributed by atoms with E-state index in [1.165, 1.54) is 12.8 Å². The Labute approximate surface area is 169 Å². The minimum atomic E-state index is -1.16. The van der Waals surface area contributed by atoms with E-state index < -0.39 is 19.1 Å². The van der Waals surface area contributed by atoms with Crippen molar-refractivity contribution in [3.05, 3.63) is 23.3 Å². The molecule has 1 saturated heterocycles. The summed E-state index contributed by atoms with van der Waals surface area (Å²) >= 11 is 0. The van der Waals surface area contributed by atoms with Crippen molar-refractivity contribution in [2.75, 3.05) is 26.2 Å². The summed E-state index contributed by atoms with van der Waals surface area (Å²) in [6.45, 7) is 2.25. The maximum absolute atomic E-state index is 12.0. The van der Waals surface area contributed by atoms with Gasteiger partial charge in [0.05, 0.1) is 6.04 Å². The number of nitrogens with zero attached hydrogens (tertiary/aromatic N) is 1. The Morgan fingerprint density at radius 1 is 1.38 bits per heavy atom. The molecule has 1 atom stereocenters. The molecular formula is C19H26BN3O6. The standard InChI is InChI=1S/C19H26BN3O6/c21-14(18(24)22-7-11-1-2-11)10-23-8-13(9-23)28-15-4-3-12-5-6-20(27)29-17(12)16(15)19(25)26/h3-4,11,13-14,27H,1-2,5-10,21H2,(H,22,24)(H,25,26). The lowest BCUT2D eigenvalue weighted by Gasteiger charge is -2.40. The Balaban J connectivity index is 1.31. The number of likely N-dealkylation sites (tertiary alicyclic amines) is 1. The molecule has 1 aromatic rings. The van der Waals surface area contributed by atoms with E-state index in [0.29, 0.717) is 44.8 Å². The number of aryl methyl sites for hydroxylation is 1. The highest BCUT2D eigenvalue weighted by Crippen LogP contribution is 2.37. The van der Waals surface area contributed by atoms with Crippen LogP contribution in [0.25, 0.3) is 0 Å². The Bertz CT molecular complexity index is 796. The van der Waals surface area contributed by atoms with Crippen LogP contribution in [0.15, 0.2) is 12.1 Å². The second-order valence-corrected chi connectivity index (χ2v) is 8.10. The van der Waals surface area contributed by atoms with Crippen LogP contribution in [0.2, 0.25) is 6.32 Å². The van der Waals surface area contributed by atoms with E-state index in [1.54, 1.807) is 12.1 Å². The van der Waals surface area contributed by atoms with Crippen LogP contribution in [-0.4, -0.2) is 72.4 Å². The Morgan fingerprint density at radius 2 is 2.14 bits per heavy atom. The van der Waals surface area contributed by atoms with E-state index in [4.69, 9.17) is 15.1 Å². The van der Waals surface area contributed by atoms with Gasteiger partial charge in [-0.2, -0.15) is 0 Å². The number of carbonyl (C=O) groups is 2. The highest BCUT2D eigenvalue weighted by atomic mass is 16.5. The molecule has 2 fully saturated rings. The first-order valence-corrected chi connectivity index (χ1v) is 10.1. The molecule has 5 N–H and O–H groups in total. The number of nitrogens with two attached hydrogens (primary N) is 1. The Morgan fingerprint density at radius 3 is 2.83 bits per heavy atom. The number of hydrogen-bond donors (Lipinski definition) is 4. The minimum Gasteiger partial charge on any atom is -0.535 e. The fourth-order valence-electron chi connectivity index (χ4n) is 3.70. The topological polar surface area (TPSA) is 134 Å². The van der Waals surface area contributed by atoms with E-state index in [1.807, 2.05) is 4.90 Å². The van der Waals surface area contributed by atoms with E-state index in [2.05, 4.69) is 5.32 Å². The van der Waals surface area contributed by atoms with Gasteiger partial charge in [-0.1, -0.05) is 6.07 Å². The van der Waals surface area contributed by atoms with Crippen molar-refractivity contribution < 1.29 is 29.1 Å². The number of fused-ring (bicyclic) bond motifs is 1. The lowest BCUT2D eigenvalue weighted by Crippen LogP contribution is -2.59. The first-order chi connectivity index (χ1) is 13.9. The number of amides is 1. The number of nitrogens with one attached hydrogen (secondary N) is 1. The van der Waals surface area contributed by atoms with Crippen molar-refractivity contribution in [2.45, 2.75) is 37.7 Å². The van der Waals surface area contributed by atoms with Crippen molar-refractivity contribution in [2.24, 2.45) is 11.7 Å². The summed E-state index contributed by atoms with van der Waals surface area (Å²) in [4.78, 5) is 25.8. The molecule has 1 aliphatic carbocycles. The predicted molar refractivity (Wildman–Crippen MR) is 105 cm³/mol. The monoisotopic (exact) mass is 403 g/mol. The van der Waals surface area contributed by atoms with Crippen molar-refractivity contribution in [1.82, 2.24) is 10.2 Å². The third-order valence-electron chi connectivity index (χ3n) is 5.60. The Hall–Kier alpha value is -2.30. The van der Waals surface area contributed by atoms with Crippen LogP contribution < -0.4 is 20.4 Å². The molecule has 156 valence electrons. The molecule has 9 nitrogen and oxygen atoms in total. The molecule has 10 heteroatoms. The number of carbonyl (C=O) groups excluding carboxylic acids is 1. The molecule has 29 heavy (non-hydrogen) atoms. The smallest absolute Gasteiger partial charge is 0.522 e. The molecule has 1 unspecified atom stereocenters. The third-order valence-corrected chi connectivity index (χ3v) is 5.60. The molecule has 4 rings (SSSR count). The number of rotatable bonds is 8. The van der Waals surface area contributed by atoms with Gasteiger partial charge in [-0.3, -0.25) is 9.69 Å². The van der Waals surface area contributed by atoms with Gasteiger partial charge < -0.3 is 30.6 Å². The quantitative estimate of drug-likeness (QED) is 0.436.